The van der Waals surface area contributed by atoms with Crippen LogP contribution in [-0.2, 0) is 14.8 Å². The molecule has 122 valence electrons. The Balaban J connectivity index is 2.25. The number of carbonyl (C=O) groups is 1. The van der Waals surface area contributed by atoms with Gasteiger partial charge in [-0.15, -0.1) is 0 Å². The lowest BCUT2D eigenvalue weighted by molar-refractivity contribution is -0.142. The first-order valence-corrected chi connectivity index (χ1v) is 8.68. The maximum Gasteiger partial charge on any atom is 0.306 e. The number of aryl methyl sites for hydroxylation is 1. The molecular formula is C15H22N2O4S. The van der Waals surface area contributed by atoms with Gasteiger partial charge in [-0.3, -0.25) is 4.79 Å². The van der Waals surface area contributed by atoms with Gasteiger partial charge in [0.25, 0.3) is 0 Å². The predicted octanol–water partition coefficient (Wildman–Crippen LogP) is 1.55. The molecule has 0 unspecified atom stereocenters. The van der Waals surface area contributed by atoms with Crippen molar-refractivity contribution < 1.29 is 18.3 Å². The Morgan fingerprint density at radius 2 is 1.86 bits per heavy atom. The van der Waals surface area contributed by atoms with Gasteiger partial charge in [-0.25, -0.2) is 8.42 Å². The standard InChI is InChI=1S/C15H22N2O4S/c1-11-4-5-13(10-14(11)16(2)3)22(20,21)17-8-6-12(7-9-17)15(18)19/h4-5,10,12H,6-9H2,1-3H3,(H,18,19). The van der Waals surface area contributed by atoms with Gasteiger partial charge in [-0.05, 0) is 37.5 Å². The molecule has 0 radical (unpaired) electrons. The van der Waals surface area contributed by atoms with Crippen molar-refractivity contribution >= 4 is 21.7 Å². The molecule has 2 rings (SSSR count). The molecule has 7 heteroatoms. The van der Waals surface area contributed by atoms with Gasteiger partial charge >= 0.3 is 5.97 Å². The van der Waals surface area contributed by atoms with E-state index in [-0.39, 0.29) is 18.0 Å². The van der Waals surface area contributed by atoms with E-state index in [0.717, 1.165) is 11.3 Å². The van der Waals surface area contributed by atoms with E-state index in [1.807, 2.05) is 25.9 Å². The topological polar surface area (TPSA) is 77.9 Å². The quantitative estimate of drug-likeness (QED) is 0.908. The van der Waals surface area contributed by atoms with Crippen molar-refractivity contribution in [1.29, 1.82) is 0 Å². The number of piperidine rings is 1. The summed E-state index contributed by atoms with van der Waals surface area (Å²) < 4.78 is 26.8. The first-order valence-electron chi connectivity index (χ1n) is 7.24. The minimum Gasteiger partial charge on any atom is -0.481 e. The Hall–Kier alpha value is -1.60. The van der Waals surface area contributed by atoms with E-state index < -0.39 is 21.9 Å². The van der Waals surface area contributed by atoms with Crippen LogP contribution in [0.1, 0.15) is 18.4 Å². The number of rotatable bonds is 4. The van der Waals surface area contributed by atoms with E-state index in [1.54, 1.807) is 18.2 Å². The smallest absolute Gasteiger partial charge is 0.306 e. The molecule has 1 fully saturated rings. The highest BCUT2D eigenvalue weighted by Crippen LogP contribution is 2.27. The summed E-state index contributed by atoms with van der Waals surface area (Å²) in [5, 5.41) is 9.00. The fourth-order valence-corrected chi connectivity index (χ4v) is 4.21. The van der Waals surface area contributed by atoms with Crippen molar-refractivity contribution in [2.24, 2.45) is 5.92 Å². The van der Waals surface area contributed by atoms with Crippen LogP contribution in [0.5, 0.6) is 0 Å². The summed E-state index contributed by atoms with van der Waals surface area (Å²) in [4.78, 5) is 13.1. The van der Waals surface area contributed by atoms with Gasteiger partial charge in [-0.1, -0.05) is 6.07 Å². The Morgan fingerprint density at radius 3 is 2.36 bits per heavy atom. The van der Waals surface area contributed by atoms with E-state index in [4.69, 9.17) is 5.11 Å². The largest absolute Gasteiger partial charge is 0.481 e. The molecule has 6 nitrogen and oxygen atoms in total. The van der Waals surface area contributed by atoms with Crippen LogP contribution in [0.2, 0.25) is 0 Å². The molecule has 0 atom stereocenters. The minimum atomic E-state index is -3.57. The fourth-order valence-electron chi connectivity index (χ4n) is 2.72. The number of carboxylic acids is 1. The molecule has 0 spiro atoms. The summed E-state index contributed by atoms with van der Waals surface area (Å²) in [6, 6.07) is 5.08. The third-order valence-corrected chi connectivity index (χ3v) is 6.00. The van der Waals surface area contributed by atoms with E-state index in [9.17, 15) is 13.2 Å². The van der Waals surface area contributed by atoms with Crippen LogP contribution in [-0.4, -0.2) is 51.0 Å². The van der Waals surface area contributed by atoms with Crippen LogP contribution >= 0.6 is 0 Å². The molecule has 0 saturated carbocycles. The zero-order valence-corrected chi connectivity index (χ0v) is 13.9. The molecule has 22 heavy (non-hydrogen) atoms. The number of benzene rings is 1. The summed E-state index contributed by atoms with van der Waals surface area (Å²) >= 11 is 0. The van der Waals surface area contributed by atoms with Crippen LogP contribution in [0.15, 0.2) is 23.1 Å². The van der Waals surface area contributed by atoms with E-state index >= 15 is 0 Å². The maximum atomic E-state index is 12.7. The SMILES string of the molecule is Cc1ccc(S(=O)(=O)N2CCC(C(=O)O)CC2)cc1N(C)C. The zero-order chi connectivity index (χ0) is 16.5. The molecule has 1 aliphatic heterocycles. The third-order valence-electron chi connectivity index (χ3n) is 4.10. The highest BCUT2D eigenvalue weighted by atomic mass is 32.2. The van der Waals surface area contributed by atoms with Gasteiger partial charge in [0.15, 0.2) is 0 Å². The Morgan fingerprint density at radius 1 is 1.27 bits per heavy atom. The minimum absolute atomic E-state index is 0.254. The molecular weight excluding hydrogens is 304 g/mol. The van der Waals surface area contributed by atoms with E-state index in [0.29, 0.717) is 12.8 Å². The predicted molar refractivity (Wildman–Crippen MR) is 84.6 cm³/mol. The number of nitrogens with zero attached hydrogens (tertiary/aromatic N) is 2. The molecule has 1 aliphatic rings. The Bertz CT molecular complexity index is 662. The second-order valence-corrected chi connectivity index (χ2v) is 7.80. The van der Waals surface area contributed by atoms with E-state index in [1.165, 1.54) is 4.31 Å². The van der Waals surface area contributed by atoms with Crippen molar-refractivity contribution in [1.82, 2.24) is 4.31 Å². The molecule has 1 heterocycles. The summed E-state index contributed by atoms with van der Waals surface area (Å²) in [6.07, 6.45) is 0.724. The number of sulfonamides is 1. The molecule has 0 bridgehead atoms. The normalized spacial score (nSPS) is 17.4. The first-order chi connectivity index (χ1) is 10.2. The maximum absolute atomic E-state index is 12.7. The monoisotopic (exact) mass is 326 g/mol. The highest BCUT2D eigenvalue weighted by molar-refractivity contribution is 7.89. The van der Waals surface area contributed by atoms with Crippen LogP contribution < -0.4 is 4.90 Å². The highest BCUT2D eigenvalue weighted by Gasteiger charge is 2.32. The zero-order valence-electron chi connectivity index (χ0n) is 13.1. The Kier molecular flexibility index (Phi) is 4.77. The lowest BCUT2D eigenvalue weighted by Crippen LogP contribution is -2.40. The molecule has 1 saturated heterocycles. The van der Waals surface area contributed by atoms with Gasteiger partial charge in [0.05, 0.1) is 10.8 Å². The van der Waals surface area contributed by atoms with Crippen LogP contribution in [0, 0.1) is 12.8 Å². The van der Waals surface area contributed by atoms with Crippen LogP contribution in [0.4, 0.5) is 5.69 Å². The van der Waals surface area contributed by atoms with Crippen LogP contribution in [0.25, 0.3) is 0 Å². The number of anilines is 1. The van der Waals surface area contributed by atoms with Crippen molar-refractivity contribution in [2.45, 2.75) is 24.7 Å². The van der Waals surface area contributed by atoms with Crippen molar-refractivity contribution in [3.05, 3.63) is 23.8 Å². The summed E-state index contributed by atoms with van der Waals surface area (Å²) in [5.41, 5.74) is 1.87. The number of aliphatic carboxylic acids is 1. The summed E-state index contributed by atoms with van der Waals surface area (Å²) in [6.45, 7) is 2.44. The molecule has 0 amide bonds. The molecule has 1 N–H and O–H groups in total. The molecule has 0 aromatic heterocycles. The van der Waals surface area contributed by atoms with Crippen LogP contribution in [0.3, 0.4) is 0 Å². The average Bonchev–Trinajstić information content (AvgIpc) is 2.47. The van der Waals surface area contributed by atoms with Gasteiger partial charge in [-0.2, -0.15) is 4.31 Å². The molecule has 1 aromatic rings. The summed E-state index contributed by atoms with van der Waals surface area (Å²) in [5.74, 6) is -1.29. The number of hydrogen-bond donors (Lipinski definition) is 1. The van der Waals surface area contributed by atoms with Gasteiger partial charge in [0.2, 0.25) is 10.0 Å². The lowest BCUT2D eigenvalue weighted by Gasteiger charge is -2.29. The van der Waals surface area contributed by atoms with Gasteiger partial charge < -0.3 is 10.0 Å². The molecule has 1 aromatic carbocycles. The Labute approximate surface area is 131 Å². The van der Waals surface area contributed by atoms with Crippen molar-refractivity contribution in [2.75, 3.05) is 32.1 Å². The second kappa shape index (κ2) is 6.26. The van der Waals surface area contributed by atoms with Gasteiger partial charge in [0.1, 0.15) is 0 Å². The first kappa shape index (κ1) is 16.8. The average molecular weight is 326 g/mol. The third kappa shape index (κ3) is 3.25. The van der Waals surface area contributed by atoms with E-state index in [2.05, 4.69) is 0 Å². The summed E-state index contributed by atoms with van der Waals surface area (Å²) in [7, 11) is 0.174. The fraction of sp³-hybridized carbons (Fsp3) is 0.533. The van der Waals surface area contributed by atoms with Gasteiger partial charge in [0, 0.05) is 32.9 Å². The number of carboxylic acid groups (broad SMARTS) is 1. The molecule has 0 aliphatic carbocycles. The lowest BCUT2D eigenvalue weighted by atomic mass is 9.99. The van der Waals surface area contributed by atoms with Crippen molar-refractivity contribution in [3.8, 4) is 0 Å². The van der Waals surface area contributed by atoms with Crippen molar-refractivity contribution in [3.63, 3.8) is 0 Å². The number of hydrogen-bond acceptors (Lipinski definition) is 4. The second-order valence-electron chi connectivity index (χ2n) is 5.86.